The van der Waals surface area contributed by atoms with Crippen LogP contribution in [0.15, 0.2) is 77.0 Å². The number of carbonyl (C=O) groups is 2. The lowest BCUT2D eigenvalue weighted by Gasteiger charge is -2.09. The summed E-state index contributed by atoms with van der Waals surface area (Å²) >= 11 is 0. The van der Waals surface area contributed by atoms with Gasteiger partial charge in [-0.15, -0.1) is 10.2 Å². The molecule has 0 unspecified atom stereocenters. The Hall–Kier alpha value is -4.66. The van der Waals surface area contributed by atoms with E-state index < -0.39 is 11.8 Å². The molecule has 178 valence electrons. The largest absolute Gasteiger partial charge is 0.494 e. The van der Waals surface area contributed by atoms with Gasteiger partial charge in [-0.25, -0.2) is 0 Å². The van der Waals surface area contributed by atoms with Gasteiger partial charge in [-0.2, -0.15) is 0 Å². The molecule has 2 amide bonds. The molecule has 9 nitrogen and oxygen atoms in total. The van der Waals surface area contributed by atoms with Crippen LogP contribution in [0.4, 0.5) is 0 Å². The van der Waals surface area contributed by atoms with Crippen LogP contribution in [0, 0.1) is 0 Å². The zero-order valence-corrected chi connectivity index (χ0v) is 19.1. The summed E-state index contributed by atoms with van der Waals surface area (Å²) in [5, 5.41) is 29.0. The highest BCUT2D eigenvalue weighted by atomic mass is 16.5. The molecule has 1 aromatic heterocycles. The number of azo groups is 1. The summed E-state index contributed by atoms with van der Waals surface area (Å²) in [6, 6.07) is 18.2. The van der Waals surface area contributed by atoms with Crippen molar-refractivity contribution < 1.29 is 29.3 Å². The van der Waals surface area contributed by atoms with Crippen molar-refractivity contribution in [3.8, 4) is 23.3 Å². The van der Waals surface area contributed by atoms with Gasteiger partial charge in [0, 0.05) is 21.9 Å². The maximum absolute atomic E-state index is 12.6. The number of rotatable bonds is 7. The van der Waals surface area contributed by atoms with Crippen molar-refractivity contribution in [1.29, 1.82) is 0 Å². The third kappa shape index (κ3) is 4.84. The van der Waals surface area contributed by atoms with E-state index in [-0.39, 0.29) is 34.8 Å². The van der Waals surface area contributed by atoms with E-state index in [0.717, 1.165) is 5.56 Å². The Morgan fingerprint density at radius 2 is 1.46 bits per heavy atom. The Balaban J connectivity index is 1.56. The Bertz CT molecular complexity index is 1430. The van der Waals surface area contributed by atoms with E-state index in [1.54, 1.807) is 6.07 Å². The van der Waals surface area contributed by atoms with Gasteiger partial charge in [0.05, 0.1) is 20.3 Å². The summed E-state index contributed by atoms with van der Waals surface area (Å²) in [5.74, 6) is -0.967. The molecular weight excluding hydrogens is 450 g/mol. The number of ether oxygens (including phenoxy) is 2. The molecule has 2 N–H and O–H groups in total. The molecule has 0 radical (unpaired) electrons. The van der Waals surface area contributed by atoms with E-state index in [2.05, 4.69) is 10.2 Å². The predicted octanol–water partition coefficient (Wildman–Crippen LogP) is 4.94. The molecule has 9 heteroatoms. The topological polar surface area (TPSA) is 123 Å². The fourth-order valence-electron chi connectivity index (χ4n) is 3.65. The second-order valence-corrected chi connectivity index (χ2v) is 7.59. The molecule has 0 bridgehead atoms. The van der Waals surface area contributed by atoms with Gasteiger partial charge < -0.3 is 19.7 Å². The first kappa shape index (κ1) is 23.5. The lowest BCUT2D eigenvalue weighted by molar-refractivity contribution is 0.0946. The number of nitrogens with zero attached hydrogens (tertiary/aromatic N) is 3. The molecule has 35 heavy (non-hydrogen) atoms. The summed E-state index contributed by atoms with van der Waals surface area (Å²) in [7, 11) is 1.45. The number of fused-ring (bicyclic) bond motifs is 1. The van der Waals surface area contributed by atoms with Crippen molar-refractivity contribution in [2.45, 2.75) is 13.5 Å². The maximum atomic E-state index is 12.6. The zero-order valence-electron chi connectivity index (χ0n) is 19.1. The number of aromatic nitrogens is 1. The summed E-state index contributed by atoms with van der Waals surface area (Å²) in [6.07, 6.45) is 0. The third-order valence-corrected chi connectivity index (χ3v) is 5.39. The number of methoxy groups -OCH3 is 1. The molecule has 4 rings (SSSR count). The molecule has 4 aromatic rings. The molecule has 0 aliphatic rings. The number of hydrogen-bond donors (Lipinski definition) is 2. The Labute approximate surface area is 200 Å². The summed E-state index contributed by atoms with van der Waals surface area (Å²) in [4.78, 5) is 25.0. The highest BCUT2D eigenvalue weighted by molar-refractivity contribution is 6.03. The van der Waals surface area contributed by atoms with Crippen LogP contribution in [0.1, 0.15) is 33.2 Å². The van der Waals surface area contributed by atoms with Crippen LogP contribution in [0.3, 0.4) is 0 Å². The highest BCUT2D eigenvalue weighted by Crippen LogP contribution is 2.37. The summed E-state index contributed by atoms with van der Waals surface area (Å²) in [6.45, 7) is 2.51. The van der Waals surface area contributed by atoms with E-state index in [4.69, 9.17) is 9.47 Å². The third-order valence-electron chi connectivity index (χ3n) is 5.39. The normalized spacial score (nSPS) is 11.1. The molecular formula is C26H23N3O6. The summed E-state index contributed by atoms with van der Waals surface area (Å²) in [5.41, 5.74) is 1.16. The van der Waals surface area contributed by atoms with Gasteiger partial charge in [0.25, 0.3) is 11.8 Å². The fraction of sp³-hybridized carbons (Fsp3) is 0.154. The Morgan fingerprint density at radius 1 is 0.829 bits per heavy atom. The van der Waals surface area contributed by atoms with Crippen molar-refractivity contribution in [2.24, 2.45) is 10.2 Å². The van der Waals surface area contributed by atoms with Crippen LogP contribution in [-0.4, -0.2) is 40.3 Å². The van der Waals surface area contributed by atoms with Crippen molar-refractivity contribution in [2.75, 3.05) is 13.7 Å². The number of benzene rings is 3. The van der Waals surface area contributed by atoms with Gasteiger partial charge in [0.2, 0.25) is 11.8 Å². The van der Waals surface area contributed by atoms with Crippen LogP contribution in [-0.2, 0) is 6.54 Å². The van der Waals surface area contributed by atoms with Crippen LogP contribution in [0.5, 0.6) is 23.3 Å². The fourth-order valence-corrected chi connectivity index (χ4v) is 3.65. The average molecular weight is 473 g/mol. The Kier molecular flexibility index (Phi) is 6.77. The Morgan fingerprint density at radius 3 is 2.11 bits per heavy atom. The molecule has 0 saturated carbocycles. The van der Waals surface area contributed by atoms with E-state index >= 15 is 0 Å². The minimum absolute atomic E-state index is 0.102. The average Bonchev–Trinajstić information content (AvgIpc) is 3.12. The molecule has 3 aromatic carbocycles. The minimum Gasteiger partial charge on any atom is -0.494 e. The zero-order chi connectivity index (χ0) is 24.9. The predicted molar refractivity (Wildman–Crippen MR) is 128 cm³/mol. The van der Waals surface area contributed by atoms with Gasteiger partial charge in [0.15, 0.2) is 11.5 Å². The second kappa shape index (κ2) is 10.1. The smallest absolute Gasteiger partial charge is 0.295 e. The molecule has 0 atom stereocenters. The first-order chi connectivity index (χ1) is 16.9. The van der Waals surface area contributed by atoms with Crippen molar-refractivity contribution in [3.05, 3.63) is 83.4 Å². The molecule has 0 saturated heterocycles. The SMILES string of the molecule is CCOc1ccc(C(=O)N=NC(=O)c2ccc3c(O)n(Cc4ccccc4)c(O)c3c2)cc1OC. The highest BCUT2D eigenvalue weighted by Gasteiger charge is 2.18. The van der Waals surface area contributed by atoms with Crippen molar-refractivity contribution >= 4 is 22.6 Å². The molecule has 0 fully saturated rings. The van der Waals surface area contributed by atoms with Crippen LogP contribution in [0.2, 0.25) is 0 Å². The second-order valence-electron chi connectivity index (χ2n) is 7.59. The van der Waals surface area contributed by atoms with E-state index in [1.165, 1.54) is 42.0 Å². The maximum Gasteiger partial charge on any atom is 0.295 e. The standard InChI is InChI=1S/C26H23N3O6/c1-3-35-21-12-10-18(14-22(21)34-2)24(31)28-27-23(30)17-9-11-19-20(13-17)26(33)29(25(19)32)15-16-7-5-4-6-8-16/h4-14,32-33H,3,15H2,1-2H3. The van der Waals surface area contributed by atoms with Gasteiger partial charge in [-0.1, -0.05) is 30.3 Å². The lowest BCUT2D eigenvalue weighted by Crippen LogP contribution is -2.00. The van der Waals surface area contributed by atoms with E-state index in [9.17, 15) is 19.8 Å². The first-order valence-electron chi connectivity index (χ1n) is 10.8. The molecule has 0 spiro atoms. The van der Waals surface area contributed by atoms with Crippen LogP contribution >= 0.6 is 0 Å². The van der Waals surface area contributed by atoms with Gasteiger partial charge in [-0.3, -0.25) is 14.2 Å². The molecule has 0 aliphatic carbocycles. The van der Waals surface area contributed by atoms with Crippen LogP contribution < -0.4 is 9.47 Å². The number of carbonyl (C=O) groups excluding carboxylic acids is 2. The van der Waals surface area contributed by atoms with Crippen molar-refractivity contribution in [3.63, 3.8) is 0 Å². The quantitative estimate of drug-likeness (QED) is 0.367. The lowest BCUT2D eigenvalue weighted by atomic mass is 10.1. The van der Waals surface area contributed by atoms with Gasteiger partial charge >= 0.3 is 0 Å². The number of amides is 2. The first-order valence-corrected chi connectivity index (χ1v) is 10.8. The number of aromatic hydroxyl groups is 2. The minimum atomic E-state index is -0.771. The van der Waals surface area contributed by atoms with E-state index in [0.29, 0.717) is 23.5 Å². The van der Waals surface area contributed by atoms with Crippen LogP contribution in [0.25, 0.3) is 10.8 Å². The molecule has 0 aliphatic heterocycles. The van der Waals surface area contributed by atoms with Gasteiger partial charge in [-0.05, 0) is 48.9 Å². The molecule has 1 heterocycles. The van der Waals surface area contributed by atoms with Gasteiger partial charge in [0.1, 0.15) is 0 Å². The van der Waals surface area contributed by atoms with Crippen molar-refractivity contribution in [1.82, 2.24) is 4.57 Å². The number of hydrogen-bond acceptors (Lipinski definition) is 6. The summed E-state index contributed by atoms with van der Waals surface area (Å²) < 4.78 is 12.0. The van der Waals surface area contributed by atoms with E-state index in [1.807, 2.05) is 37.3 Å². The monoisotopic (exact) mass is 473 g/mol.